The van der Waals surface area contributed by atoms with Gasteiger partial charge in [0.25, 0.3) is 0 Å². The monoisotopic (exact) mass is 204 g/mol. The molecule has 0 heterocycles. The van der Waals surface area contributed by atoms with Crippen LogP contribution in [-0.2, 0) is 0 Å². The van der Waals surface area contributed by atoms with Gasteiger partial charge in [-0.25, -0.2) is 0 Å². The van der Waals surface area contributed by atoms with Crippen molar-refractivity contribution in [2.24, 2.45) is 5.73 Å². The predicted molar refractivity (Wildman–Crippen MR) is 56.4 cm³/mol. The van der Waals surface area contributed by atoms with E-state index in [4.69, 9.17) is 18.0 Å². The van der Waals surface area contributed by atoms with E-state index in [2.05, 4.69) is 35.3 Å². The Bertz CT molecular complexity index is 212. The second kappa shape index (κ2) is 3.40. The molecular weight excluding hydrogens is 192 g/mol. The number of rotatable bonds is 1. The molecule has 68 valence electrons. The van der Waals surface area contributed by atoms with Crippen LogP contribution in [0.4, 0.5) is 0 Å². The van der Waals surface area contributed by atoms with Gasteiger partial charge in [0.2, 0.25) is 0 Å². The first-order valence-electron chi connectivity index (χ1n) is 3.65. The van der Waals surface area contributed by atoms with Crippen molar-refractivity contribution in [2.45, 2.75) is 25.3 Å². The molecule has 0 spiro atoms. The van der Waals surface area contributed by atoms with E-state index in [9.17, 15) is 0 Å². The van der Waals surface area contributed by atoms with Crippen molar-refractivity contribution >= 4 is 34.7 Å². The molecule has 4 nitrogen and oxygen atoms in total. The molecule has 0 amide bonds. The van der Waals surface area contributed by atoms with Gasteiger partial charge in [-0.15, -0.1) is 0 Å². The molecule has 0 saturated heterocycles. The Labute approximate surface area is 82.2 Å². The van der Waals surface area contributed by atoms with Crippen LogP contribution >= 0.6 is 24.4 Å². The lowest BCUT2D eigenvalue weighted by molar-refractivity contribution is 0.648. The first-order valence-corrected chi connectivity index (χ1v) is 4.47. The summed E-state index contributed by atoms with van der Waals surface area (Å²) < 4.78 is 0. The molecule has 0 aromatic carbocycles. The fraction of sp³-hybridized carbons (Fsp3) is 0.667. The zero-order valence-electron chi connectivity index (χ0n) is 6.81. The average molecular weight is 204 g/mol. The molecule has 6 heteroatoms. The standard InChI is InChI=1S/C6H12N4S2/c1-6(2-3-6)8-5(12)10-9-4(7)11/h2-3H2,1H3,(H3,7,9,11)(H2,8,10,12). The molecule has 0 unspecified atom stereocenters. The molecule has 1 aliphatic rings. The molecule has 5 N–H and O–H groups in total. The Morgan fingerprint density at radius 3 is 2.33 bits per heavy atom. The van der Waals surface area contributed by atoms with Gasteiger partial charge in [0.1, 0.15) is 0 Å². The second-order valence-corrected chi connectivity index (χ2v) is 3.98. The Morgan fingerprint density at radius 2 is 1.92 bits per heavy atom. The number of hydrogen-bond acceptors (Lipinski definition) is 2. The highest BCUT2D eigenvalue weighted by atomic mass is 32.1. The quantitative estimate of drug-likeness (QED) is 0.349. The van der Waals surface area contributed by atoms with E-state index < -0.39 is 0 Å². The molecule has 0 aliphatic heterocycles. The first kappa shape index (κ1) is 9.47. The molecule has 12 heavy (non-hydrogen) atoms. The van der Waals surface area contributed by atoms with Crippen molar-refractivity contribution in [1.29, 1.82) is 0 Å². The van der Waals surface area contributed by atoms with Crippen LogP contribution in [-0.4, -0.2) is 15.8 Å². The largest absolute Gasteiger partial charge is 0.375 e. The third kappa shape index (κ3) is 3.19. The van der Waals surface area contributed by atoms with Crippen LogP contribution in [0.25, 0.3) is 0 Å². The van der Waals surface area contributed by atoms with Crippen LogP contribution in [0.1, 0.15) is 19.8 Å². The van der Waals surface area contributed by atoms with Crippen molar-refractivity contribution < 1.29 is 0 Å². The molecule has 1 saturated carbocycles. The smallest absolute Gasteiger partial charge is 0.185 e. The van der Waals surface area contributed by atoms with Crippen molar-refractivity contribution in [3.8, 4) is 0 Å². The summed E-state index contributed by atoms with van der Waals surface area (Å²) in [6, 6.07) is 0. The van der Waals surface area contributed by atoms with Crippen LogP contribution < -0.4 is 21.9 Å². The third-order valence-corrected chi connectivity index (χ3v) is 2.02. The number of thiocarbonyl (C=S) groups is 2. The lowest BCUT2D eigenvalue weighted by atomic mass is 10.3. The van der Waals surface area contributed by atoms with E-state index in [1.54, 1.807) is 0 Å². The van der Waals surface area contributed by atoms with Crippen LogP contribution in [0, 0.1) is 0 Å². The molecule has 0 aromatic heterocycles. The Morgan fingerprint density at radius 1 is 1.33 bits per heavy atom. The number of nitrogens with two attached hydrogens (primary N) is 1. The summed E-state index contributed by atoms with van der Waals surface area (Å²) in [7, 11) is 0. The van der Waals surface area contributed by atoms with Crippen molar-refractivity contribution in [3.63, 3.8) is 0 Å². The number of hydrazine groups is 1. The minimum Gasteiger partial charge on any atom is -0.375 e. The first-order chi connectivity index (χ1) is 5.52. The second-order valence-electron chi connectivity index (χ2n) is 3.13. The van der Waals surface area contributed by atoms with E-state index in [0.717, 1.165) is 12.8 Å². The lowest BCUT2D eigenvalue weighted by Gasteiger charge is -2.15. The summed E-state index contributed by atoms with van der Waals surface area (Å²) in [5.41, 5.74) is 10.6. The lowest BCUT2D eigenvalue weighted by Crippen LogP contribution is -2.51. The van der Waals surface area contributed by atoms with Crippen LogP contribution in [0.15, 0.2) is 0 Å². The normalized spacial score (nSPS) is 17.8. The van der Waals surface area contributed by atoms with Crippen LogP contribution in [0.5, 0.6) is 0 Å². The topological polar surface area (TPSA) is 62.1 Å². The van der Waals surface area contributed by atoms with Crippen molar-refractivity contribution in [1.82, 2.24) is 16.2 Å². The SMILES string of the molecule is CC1(NC(=S)NNC(N)=S)CC1. The number of nitrogens with one attached hydrogen (secondary N) is 3. The zero-order chi connectivity index (χ0) is 9.19. The van der Waals surface area contributed by atoms with Gasteiger partial charge in [-0.1, -0.05) is 0 Å². The van der Waals surface area contributed by atoms with E-state index >= 15 is 0 Å². The average Bonchev–Trinajstić information content (AvgIpc) is 2.64. The minimum atomic E-state index is 0.181. The maximum absolute atomic E-state index is 5.19. The molecule has 0 atom stereocenters. The van der Waals surface area contributed by atoms with Crippen LogP contribution in [0.3, 0.4) is 0 Å². The highest BCUT2D eigenvalue weighted by Crippen LogP contribution is 2.33. The highest BCUT2D eigenvalue weighted by molar-refractivity contribution is 7.80. The molecule has 0 bridgehead atoms. The molecule has 0 aromatic rings. The van der Waals surface area contributed by atoms with Gasteiger partial charge < -0.3 is 11.1 Å². The van der Waals surface area contributed by atoms with E-state index in [1.807, 2.05) is 0 Å². The summed E-state index contributed by atoms with van der Waals surface area (Å²) in [5.74, 6) is 0. The Kier molecular flexibility index (Phi) is 2.69. The summed E-state index contributed by atoms with van der Waals surface area (Å²) in [4.78, 5) is 0. The van der Waals surface area contributed by atoms with Gasteiger partial charge in [0.05, 0.1) is 0 Å². The fourth-order valence-corrected chi connectivity index (χ4v) is 1.08. The van der Waals surface area contributed by atoms with Crippen molar-refractivity contribution in [2.75, 3.05) is 0 Å². The summed E-state index contributed by atoms with van der Waals surface area (Å²) >= 11 is 9.55. The summed E-state index contributed by atoms with van der Waals surface area (Å²) in [6.07, 6.45) is 2.31. The van der Waals surface area contributed by atoms with E-state index in [0.29, 0.717) is 5.11 Å². The maximum atomic E-state index is 5.19. The van der Waals surface area contributed by atoms with Gasteiger partial charge in [-0.05, 0) is 44.2 Å². The van der Waals surface area contributed by atoms with Gasteiger partial charge in [-0.2, -0.15) is 0 Å². The molecular formula is C6H12N4S2. The summed E-state index contributed by atoms with van der Waals surface area (Å²) in [6.45, 7) is 2.11. The molecule has 1 aliphatic carbocycles. The predicted octanol–water partition coefficient (Wildman–Crippen LogP) is -0.249. The van der Waals surface area contributed by atoms with Gasteiger partial charge >= 0.3 is 0 Å². The summed E-state index contributed by atoms with van der Waals surface area (Å²) in [5, 5.41) is 3.84. The fourth-order valence-electron chi connectivity index (χ4n) is 0.736. The minimum absolute atomic E-state index is 0.181. The Hall–Kier alpha value is -0.620. The van der Waals surface area contributed by atoms with E-state index in [1.165, 1.54) is 0 Å². The Balaban J connectivity index is 2.16. The van der Waals surface area contributed by atoms with Crippen molar-refractivity contribution in [3.05, 3.63) is 0 Å². The molecule has 1 fully saturated rings. The zero-order valence-corrected chi connectivity index (χ0v) is 8.44. The van der Waals surface area contributed by atoms with Gasteiger partial charge in [0, 0.05) is 5.54 Å². The number of hydrogen-bond donors (Lipinski definition) is 4. The molecule has 1 rings (SSSR count). The van der Waals surface area contributed by atoms with E-state index in [-0.39, 0.29) is 10.7 Å². The highest BCUT2D eigenvalue weighted by Gasteiger charge is 2.37. The maximum Gasteiger partial charge on any atom is 0.185 e. The third-order valence-electron chi connectivity index (χ3n) is 1.71. The molecule has 0 radical (unpaired) electrons. The van der Waals surface area contributed by atoms with Gasteiger partial charge in [0.15, 0.2) is 10.2 Å². The van der Waals surface area contributed by atoms with Gasteiger partial charge in [-0.3, -0.25) is 10.9 Å². The van der Waals surface area contributed by atoms with Crippen LogP contribution in [0.2, 0.25) is 0 Å².